The summed E-state index contributed by atoms with van der Waals surface area (Å²) in [5.41, 5.74) is -1.36. The summed E-state index contributed by atoms with van der Waals surface area (Å²) in [5.74, 6) is -0.810. The van der Waals surface area contributed by atoms with Gasteiger partial charge >= 0.3 is 18.4 Å². The van der Waals surface area contributed by atoms with Crippen molar-refractivity contribution in [3.63, 3.8) is 0 Å². The molecular formula is C24H21F6N3O5. The molecule has 3 aromatic rings. The Bertz CT molecular complexity index is 1280. The maximum absolute atomic E-state index is 13.8. The summed E-state index contributed by atoms with van der Waals surface area (Å²) < 4.78 is 89.6. The van der Waals surface area contributed by atoms with Gasteiger partial charge in [0.25, 0.3) is 0 Å². The Hall–Kier alpha value is -3.81. The minimum Gasteiger partial charge on any atom is -0.493 e. The molecule has 8 nitrogen and oxygen atoms in total. The zero-order valence-corrected chi connectivity index (χ0v) is 19.5. The molecule has 14 heteroatoms. The lowest BCUT2D eigenvalue weighted by atomic mass is 10.1. The van der Waals surface area contributed by atoms with Gasteiger partial charge < -0.3 is 19.5 Å². The van der Waals surface area contributed by atoms with Gasteiger partial charge in [-0.3, -0.25) is 4.90 Å². The summed E-state index contributed by atoms with van der Waals surface area (Å²) in [6.45, 7) is -0.286. The second-order valence-corrected chi connectivity index (χ2v) is 8.65. The first-order chi connectivity index (χ1) is 17.8. The van der Waals surface area contributed by atoms with Gasteiger partial charge in [-0.2, -0.15) is 31.3 Å². The number of nitrogens with zero attached hydrogens (tertiary/aromatic N) is 3. The number of rotatable bonds is 7. The van der Waals surface area contributed by atoms with Gasteiger partial charge in [-0.1, -0.05) is 17.3 Å². The maximum Gasteiger partial charge on any atom is 0.419 e. The number of β-amino-alcohol motifs (C(OH)–C–C–N with tert-alkyl or cyclic N) is 1. The number of ether oxygens (including phenoxy) is 1. The molecule has 2 heterocycles. The van der Waals surface area contributed by atoms with Crippen LogP contribution in [0.2, 0.25) is 0 Å². The summed E-state index contributed by atoms with van der Waals surface area (Å²) in [6.07, 6.45) is -11.0. The minimum atomic E-state index is -4.79. The van der Waals surface area contributed by atoms with Crippen LogP contribution in [0.3, 0.4) is 0 Å². The molecule has 2 aromatic carbocycles. The number of aliphatic hydroxyl groups excluding tert-OH is 1. The highest BCUT2D eigenvalue weighted by molar-refractivity contribution is 5.66. The molecule has 38 heavy (non-hydrogen) atoms. The van der Waals surface area contributed by atoms with Crippen molar-refractivity contribution in [2.45, 2.75) is 43.8 Å². The number of aliphatic hydroxyl groups is 1. The molecule has 0 aliphatic carbocycles. The number of carboxylic acid groups (broad SMARTS) is 1. The molecule has 204 valence electrons. The highest BCUT2D eigenvalue weighted by Crippen LogP contribution is 2.39. The van der Waals surface area contributed by atoms with Crippen LogP contribution in [-0.2, 0) is 18.8 Å². The second kappa shape index (κ2) is 10.5. The molecule has 1 aromatic heterocycles. The number of carbonyl (C=O) groups is 1. The van der Waals surface area contributed by atoms with E-state index in [1.807, 2.05) is 0 Å². The molecule has 2 N–H and O–H groups in total. The largest absolute Gasteiger partial charge is 0.493 e. The molecule has 0 saturated carbocycles. The highest BCUT2D eigenvalue weighted by Gasteiger charge is 2.39. The first-order valence-corrected chi connectivity index (χ1v) is 11.3. The van der Waals surface area contributed by atoms with Gasteiger partial charge in [-0.25, -0.2) is 4.79 Å². The molecule has 1 aliphatic rings. The van der Waals surface area contributed by atoms with E-state index < -0.39 is 47.5 Å². The smallest absolute Gasteiger partial charge is 0.419 e. The van der Waals surface area contributed by atoms with Crippen molar-refractivity contribution in [1.29, 1.82) is 0 Å². The van der Waals surface area contributed by atoms with Crippen molar-refractivity contribution in [3.8, 4) is 17.1 Å². The number of hydrogen-bond acceptors (Lipinski definition) is 6. The van der Waals surface area contributed by atoms with Crippen LogP contribution in [0, 0.1) is 0 Å². The molecule has 1 aliphatic heterocycles. The Kier molecular flexibility index (Phi) is 7.54. The summed E-state index contributed by atoms with van der Waals surface area (Å²) in [4.78, 5) is 16.3. The molecule has 0 radical (unpaired) electrons. The van der Waals surface area contributed by atoms with Gasteiger partial charge in [-0.05, 0) is 48.7 Å². The third kappa shape index (κ3) is 6.18. The predicted molar refractivity (Wildman–Crippen MR) is 118 cm³/mol. The molecule has 0 bridgehead atoms. The van der Waals surface area contributed by atoms with E-state index in [4.69, 9.17) is 9.26 Å². The van der Waals surface area contributed by atoms with E-state index in [0.717, 1.165) is 29.2 Å². The van der Waals surface area contributed by atoms with Gasteiger partial charge in [0.15, 0.2) is 0 Å². The number of aromatic nitrogens is 2. The molecular weight excluding hydrogens is 524 g/mol. The minimum absolute atomic E-state index is 0.000978. The maximum atomic E-state index is 13.8. The van der Waals surface area contributed by atoms with E-state index >= 15 is 0 Å². The van der Waals surface area contributed by atoms with E-state index in [1.54, 1.807) is 0 Å². The average Bonchev–Trinajstić information content (AvgIpc) is 3.48. The van der Waals surface area contributed by atoms with Crippen molar-refractivity contribution < 1.29 is 50.6 Å². The molecule has 4 rings (SSSR count). The topological polar surface area (TPSA) is 109 Å². The van der Waals surface area contributed by atoms with Gasteiger partial charge in [0, 0.05) is 12.0 Å². The fourth-order valence-electron chi connectivity index (χ4n) is 4.08. The quantitative estimate of drug-likeness (QED) is 0.295. The van der Waals surface area contributed by atoms with Crippen LogP contribution >= 0.6 is 0 Å². The van der Waals surface area contributed by atoms with Crippen LogP contribution < -0.4 is 4.74 Å². The summed E-state index contributed by atoms with van der Waals surface area (Å²) >= 11 is 0. The number of likely N-dealkylation sites (tertiary alicyclic amines) is 1. The second-order valence-electron chi connectivity index (χ2n) is 8.65. The van der Waals surface area contributed by atoms with E-state index in [9.17, 15) is 41.4 Å². The SMILES string of the molecule is O=C(O)N1C[C@H](O)C[C@H]1c1nc(-c2ccc(OCCCc3ccc(C(F)(F)F)cc3)c(C(F)(F)F)c2)no1. The highest BCUT2D eigenvalue weighted by atomic mass is 19.4. The van der Waals surface area contributed by atoms with Crippen molar-refractivity contribution in [2.75, 3.05) is 13.2 Å². The zero-order chi connectivity index (χ0) is 27.7. The Labute approximate surface area is 211 Å². The van der Waals surface area contributed by atoms with Crippen molar-refractivity contribution >= 4 is 6.09 Å². The van der Waals surface area contributed by atoms with Crippen LogP contribution in [0.4, 0.5) is 31.1 Å². The van der Waals surface area contributed by atoms with Crippen LogP contribution in [0.1, 0.15) is 41.5 Å². The van der Waals surface area contributed by atoms with Crippen LogP contribution in [-0.4, -0.2) is 50.6 Å². The van der Waals surface area contributed by atoms with Crippen molar-refractivity contribution in [3.05, 3.63) is 65.0 Å². The lowest BCUT2D eigenvalue weighted by molar-refractivity contribution is -0.139. The van der Waals surface area contributed by atoms with E-state index in [2.05, 4.69) is 10.1 Å². The fraction of sp³-hybridized carbons (Fsp3) is 0.375. The van der Waals surface area contributed by atoms with Crippen LogP contribution in [0.15, 0.2) is 47.0 Å². The zero-order valence-electron chi connectivity index (χ0n) is 19.5. The summed E-state index contributed by atoms with van der Waals surface area (Å²) in [6, 6.07) is 6.71. The number of halogens is 6. The summed E-state index contributed by atoms with van der Waals surface area (Å²) in [5, 5.41) is 22.7. The van der Waals surface area contributed by atoms with Gasteiger partial charge in [0.2, 0.25) is 11.7 Å². The lowest BCUT2D eigenvalue weighted by Gasteiger charge is -2.17. The standard InChI is InChI=1S/C24H21F6N3O5/c25-23(26,27)15-6-3-13(4-7-15)2-1-9-37-19-8-5-14(10-17(19)24(28,29)30)20-31-21(38-32-20)18-11-16(34)12-33(18)22(35)36/h3-8,10,16,18,34H,1-2,9,11-12H2,(H,35,36)/t16-,18+/m1/s1. The van der Waals surface area contributed by atoms with E-state index in [1.165, 1.54) is 18.2 Å². The summed E-state index contributed by atoms with van der Waals surface area (Å²) in [7, 11) is 0. The Morgan fingerprint density at radius 2 is 1.79 bits per heavy atom. The van der Waals surface area contributed by atoms with E-state index in [-0.39, 0.29) is 43.3 Å². The third-order valence-electron chi connectivity index (χ3n) is 5.94. The molecule has 0 spiro atoms. The number of amides is 1. The number of aryl methyl sites for hydroxylation is 1. The van der Waals surface area contributed by atoms with Gasteiger partial charge in [-0.15, -0.1) is 0 Å². The Balaban J connectivity index is 1.44. The van der Waals surface area contributed by atoms with Crippen LogP contribution in [0.25, 0.3) is 11.4 Å². The Morgan fingerprint density at radius 3 is 2.42 bits per heavy atom. The molecule has 1 amide bonds. The fourth-order valence-corrected chi connectivity index (χ4v) is 4.08. The van der Waals surface area contributed by atoms with E-state index in [0.29, 0.717) is 12.0 Å². The first-order valence-electron chi connectivity index (χ1n) is 11.3. The monoisotopic (exact) mass is 545 g/mol. The van der Waals surface area contributed by atoms with Gasteiger partial charge in [0.1, 0.15) is 11.8 Å². The van der Waals surface area contributed by atoms with Crippen molar-refractivity contribution in [2.24, 2.45) is 0 Å². The van der Waals surface area contributed by atoms with Gasteiger partial charge in [0.05, 0.1) is 30.4 Å². The molecule has 2 atom stereocenters. The third-order valence-corrected chi connectivity index (χ3v) is 5.94. The average molecular weight is 545 g/mol. The number of alkyl halides is 6. The van der Waals surface area contributed by atoms with Crippen LogP contribution in [0.5, 0.6) is 5.75 Å². The first kappa shape index (κ1) is 27.2. The predicted octanol–water partition coefficient (Wildman–Crippen LogP) is 5.57. The van der Waals surface area contributed by atoms with Crippen molar-refractivity contribution in [1.82, 2.24) is 15.0 Å². The molecule has 1 fully saturated rings. The normalized spacial score (nSPS) is 18.1. The number of benzene rings is 2. The lowest BCUT2D eigenvalue weighted by Crippen LogP contribution is -2.30. The molecule has 0 unspecified atom stereocenters. The number of hydrogen-bond donors (Lipinski definition) is 2. The molecule has 1 saturated heterocycles. The Morgan fingerprint density at radius 1 is 1.08 bits per heavy atom.